The number of ketones is 1. The molecule has 86 heavy (non-hydrogen) atoms. The van der Waals surface area contributed by atoms with E-state index in [1.807, 2.05) is 12.1 Å². The lowest BCUT2D eigenvalue weighted by molar-refractivity contribution is -0.119. The molecule has 474 valence electrons. The maximum atomic E-state index is 13.2. The molecule has 0 radical (unpaired) electrons. The molecule has 7 N–H and O–H groups in total. The van der Waals surface area contributed by atoms with Gasteiger partial charge in [0.25, 0.3) is 0 Å². The molecule has 4 aromatic carbocycles. The second kappa shape index (κ2) is 33.9. The molecule has 0 bridgehead atoms. The minimum absolute atomic E-state index is 0.0376. The van der Waals surface area contributed by atoms with Gasteiger partial charge in [-0.1, -0.05) is 117 Å². The van der Waals surface area contributed by atoms with Gasteiger partial charge in [-0.3, -0.25) is 14.6 Å². The standard InChI is InChI=1S/C65H91Cl4N7O8S2/c66-46-38-57-55(59(68)40-46)42-61(75-35-18-20-48(70)44-75)63(57)83-51-24-28-53(29-25-51)85(79,80)37-17-10-6-2-4-8-14-32-72-65(78)73-33-15-11-13-23-50(77)22-12-7-3-1-5-9-16-34-74-86(81,82)54-30-26-52(27-31-54)84-64-58-39-47(67)41-60(69)56(58)43-62(64)76-36-19-21-49(71)45-76/h24-31,38-41,48-49,61-64,74H,1-23,32-37,42-45,70-71H2,(H2,72,73,78)/t48-,49-,61+,62+,63+,64+/m1/s1. The molecule has 0 spiro atoms. The summed E-state index contributed by atoms with van der Waals surface area (Å²) in [6.45, 7) is 4.96. The van der Waals surface area contributed by atoms with E-state index in [4.69, 9.17) is 67.3 Å². The first-order valence-electron chi connectivity index (χ1n) is 31.7. The van der Waals surface area contributed by atoms with Crippen molar-refractivity contribution in [3.05, 3.63) is 115 Å². The molecule has 15 nitrogen and oxygen atoms in total. The van der Waals surface area contributed by atoms with Crippen molar-refractivity contribution in [3.8, 4) is 11.5 Å². The van der Waals surface area contributed by atoms with Crippen molar-refractivity contribution >= 4 is 78.1 Å². The van der Waals surface area contributed by atoms with Gasteiger partial charge in [0.2, 0.25) is 10.0 Å². The number of hydrogen-bond donors (Lipinski definition) is 5. The molecule has 2 aliphatic carbocycles. The predicted octanol–water partition coefficient (Wildman–Crippen LogP) is 13.3. The quantitative estimate of drug-likeness (QED) is 0.0272. The van der Waals surface area contributed by atoms with Crippen LogP contribution >= 0.6 is 46.4 Å². The molecule has 4 aliphatic rings. The van der Waals surface area contributed by atoms with Gasteiger partial charge < -0.3 is 31.6 Å². The lowest BCUT2D eigenvalue weighted by atomic mass is 10.0. The molecule has 0 saturated carbocycles. The van der Waals surface area contributed by atoms with Gasteiger partial charge in [0.1, 0.15) is 29.5 Å². The van der Waals surface area contributed by atoms with Gasteiger partial charge in [-0.15, -0.1) is 0 Å². The first-order valence-corrected chi connectivity index (χ1v) is 36.3. The van der Waals surface area contributed by atoms with Crippen molar-refractivity contribution in [1.82, 2.24) is 25.2 Å². The van der Waals surface area contributed by atoms with Crippen LogP contribution in [0.15, 0.2) is 82.6 Å². The molecule has 4 aromatic rings. The Balaban J connectivity index is 0.581. The van der Waals surface area contributed by atoms with E-state index in [9.17, 15) is 26.4 Å². The molecule has 0 aromatic heterocycles. The van der Waals surface area contributed by atoms with Crippen LogP contribution in [0.4, 0.5) is 4.79 Å². The van der Waals surface area contributed by atoms with E-state index < -0.39 is 19.9 Å². The SMILES string of the molecule is N[C@@H]1CCCN([C@H]2Cc3c(Cl)cc(Cl)cc3[C@@H]2Oc2ccc(S(=O)(=O)CCCCCCCCCNC(=O)NCCCCCC(=O)CCCCCCCCCNS(=O)(=O)c3ccc(O[C@H]4c5cc(Cl)cc(Cl)c5C[C@@H]4N4CCC[C@@H](N)C4)cc3)cc2)C1. The molecule has 21 heteroatoms. The Kier molecular flexibility index (Phi) is 26.9. The maximum Gasteiger partial charge on any atom is 0.314 e. The molecule has 6 atom stereocenters. The van der Waals surface area contributed by atoms with Gasteiger partial charge >= 0.3 is 6.03 Å². The number of carbonyl (C=O) groups is 2. The molecule has 2 aliphatic heterocycles. The van der Waals surface area contributed by atoms with Gasteiger partial charge in [0.05, 0.1) is 27.6 Å². The van der Waals surface area contributed by atoms with Gasteiger partial charge in [-0.25, -0.2) is 26.4 Å². The fourth-order valence-corrected chi connectivity index (χ4v) is 16.4. The monoisotopic (exact) mass is 1300 g/mol. The smallest absolute Gasteiger partial charge is 0.314 e. The van der Waals surface area contributed by atoms with E-state index in [1.165, 1.54) is 0 Å². The number of urea groups is 1. The van der Waals surface area contributed by atoms with Crippen molar-refractivity contribution < 1.29 is 35.9 Å². The van der Waals surface area contributed by atoms with Crippen LogP contribution in [-0.2, 0) is 37.5 Å². The summed E-state index contributed by atoms with van der Waals surface area (Å²) in [6.07, 6.45) is 21.6. The van der Waals surface area contributed by atoms with Crippen LogP contribution in [0, 0.1) is 0 Å². The van der Waals surface area contributed by atoms with Gasteiger partial charge in [0.15, 0.2) is 9.84 Å². The minimum atomic E-state index is -3.68. The molecular weight excluding hydrogens is 1210 g/mol. The number of sulfonamides is 1. The number of ether oxygens (including phenoxy) is 2. The second-order valence-corrected chi connectivity index (χ2v) is 29.8. The van der Waals surface area contributed by atoms with Gasteiger partial charge in [0, 0.05) is 88.9 Å². The Morgan fingerprint density at radius 1 is 0.523 bits per heavy atom. The molecule has 8 rings (SSSR count). The molecule has 0 unspecified atom stereocenters. The normalized spacial score (nSPS) is 20.8. The number of nitrogens with zero attached hydrogens (tertiary/aromatic N) is 2. The number of hydrogen-bond acceptors (Lipinski definition) is 12. The van der Waals surface area contributed by atoms with Crippen molar-refractivity contribution in [2.24, 2.45) is 11.5 Å². The van der Waals surface area contributed by atoms with Gasteiger partial charge in [-0.05, 0) is 174 Å². The van der Waals surface area contributed by atoms with Crippen molar-refractivity contribution in [3.63, 3.8) is 0 Å². The van der Waals surface area contributed by atoms with Crippen LogP contribution in [0.3, 0.4) is 0 Å². The number of benzene rings is 4. The van der Waals surface area contributed by atoms with Crippen LogP contribution in [0.25, 0.3) is 0 Å². The molecule has 2 fully saturated rings. The maximum absolute atomic E-state index is 13.2. The third kappa shape index (κ3) is 20.4. The van der Waals surface area contributed by atoms with E-state index >= 15 is 0 Å². The van der Waals surface area contributed by atoms with Crippen LogP contribution in [0.5, 0.6) is 11.5 Å². The Bertz CT molecular complexity index is 2850. The predicted molar refractivity (Wildman–Crippen MR) is 346 cm³/mol. The van der Waals surface area contributed by atoms with E-state index in [0.29, 0.717) is 81.2 Å². The number of rotatable bonds is 35. The van der Waals surface area contributed by atoms with Crippen LogP contribution in [-0.4, -0.2) is 114 Å². The molecule has 2 saturated heterocycles. The summed E-state index contributed by atoms with van der Waals surface area (Å²) in [7, 11) is -7.12. The number of sulfone groups is 1. The van der Waals surface area contributed by atoms with E-state index in [1.54, 1.807) is 60.7 Å². The lowest BCUT2D eigenvalue weighted by Gasteiger charge is -2.38. The van der Waals surface area contributed by atoms with Gasteiger partial charge in [-0.2, -0.15) is 0 Å². The number of halogens is 4. The number of amides is 2. The van der Waals surface area contributed by atoms with Crippen molar-refractivity contribution in [2.75, 3.05) is 51.6 Å². The van der Waals surface area contributed by atoms with Crippen LogP contribution < -0.4 is 36.3 Å². The summed E-state index contributed by atoms with van der Waals surface area (Å²) in [5.74, 6) is 1.55. The largest absolute Gasteiger partial charge is 0.484 e. The number of carbonyl (C=O) groups excluding carboxylic acids is 2. The number of nitrogens with two attached hydrogens (primary N) is 2. The zero-order valence-corrected chi connectivity index (χ0v) is 54.5. The highest BCUT2D eigenvalue weighted by Gasteiger charge is 2.42. The molecular formula is C65H91Cl4N7O8S2. The Hall–Kier alpha value is -3.72. The number of fused-ring (bicyclic) bond motifs is 2. The third-order valence-electron chi connectivity index (χ3n) is 17.5. The van der Waals surface area contributed by atoms with E-state index in [0.717, 1.165) is 190 Å². The average Bonchev–Trinajstić information content (AvgIpc) is 2.22. The third-order valence-corrected chi connectivity index (χ3v) is 21.9. The van der Waals surface area contributed by atoms with E-state index in [-0.39, 0.29) is 53.1 Å². The Morgan fingerprint density at radius 3 is 1.40 bits per heavy atom. The fourth-order valence-electron chi connectivity index (χ4n) is 12.8. The first-order chi connectivity index (χ1) is 41.4. The zero-order valence-electron chi connectivity index (χ0n) is 49.9. The highest BCUT2D eigenvalue weighted by atomic mass is 35.5. The Morgan fingerprint density at radius 2 is 0.930 bits per heavy atom. The number of unbranched alkanes of at least 4 members (excludes halogenated alkanes) is 14. The fraction of sp³-hybridized carbons (Fsp3) is 0.600. The van der Waals surface area contributed by atoms with E-state index in [2.05, 4.69) is 25.2 Å². The number of likely N-dealkylation sites (tertiary alicyclic amines) is 2. The summed E-state index contributed by atoms with van der Waals surface area (Å²) in [5.41, 5.74) is 16.7. The summed E-state index contributed by atoms with van der Waals surface area (Å²) in [4.78, 5) is 30.0. The summed E-state index contributed by atoms with van der Waals surface area (Å²) in [6, 6.07) is 20.9. The molecule has 2 amide bonds. The summed E-state index contributed by atoms with van der Waals surface area (Å²) >= 11 is 26.2. The second-order valence-electron chi connectivity index (χ2n) is 24.2. The highest BCUT2D eigenvalue weighted by Crippen LogP contribution is 2.45. The average molecular weight is 1300 g/mol. The highest BCUT2D eigenvalue weighted by molar-refractivity contribution is 7.91. The lowest BCUT2D eigenvalue weighted by Crippen LogP contribution is -2.49. The number of Topliss-reactive ketones (excluding diaryl/α,β-unsaturated/α-hetero) is 1. The zero-order chi connectivity index (χ0) is 61.1. The van der Waals surface area contributed by atoms with Crippen molar-refractivity contribution in [2.45, 2.75) is 207 Å². The number of piperidine rings is 2. The Labute approximate surface area is 532 Å². The summed E-state index contributed by atoms with van der Waals surface area (Å²) < 4.78 is 68.7. The van der Waals surface area contributed by atoms with Crippen LogP contribution in [0.1, 0.15) is 182 Å². The summed E-state index contributed by atoms with van der Waals surface area (Å²) in [5, 5.41) is 8.21. The molecule has 2 heterocycles. The first kappa shape index (κ1) is 68.2. The minimum Gasteiger partial charge on any atom is -0.484 e. The van der Waals surface area contributed by atoms with Crippen LogP contribution in [0.2, 0.25) is 20.1 Å². The topological polar surface area (TPSA) is 215 Å². The van der Waals surface area contributed by atoms with Crippen molar-refractivity contribution in [1.29, 1.82) is 0 Å². The number of nitrogens with one attached hydrogen (secondary N) is 3.